The van der Waals surface area contributed by atoms with Crippen molar-refractivity contribution in [1.29, 1.82) is 0 Å². The molecule has 0 saturated heterocycles. The van der Waals surface area contributed by atoms with Crippen molar-refractivity contribution in [2.75, 3.05) is 13.1 Å². The molecule has 3 N–H and O–H groups in total. The van der Waals surface area contributed by atoms with Gasteiger partial charge < -0.3 is 10.8 Å². The summed E-state index contributed by atoms with van der Waals surface area (Å²) in [6.45, 7) is 4.70. The standard InChI is InChI=1S/C22H27Cl3N2.C2H4O2/c23-20-3-1-2-18(10-20)14-27(13-17-6-4-16(12-26)5-7-17)15-19-8-9-21(24)22(25)11-19;1-2(3)4/h1-3,8-11,16-17H,4-7,12-15,26H2;1H3,(H,3,4). The van der Waals surface area contributed by atoms with E-state index in [4.69, 9.17) is 50.4 Å². The maximum Gasteiger partial charge on any atom is 0.300 e. The highest BCUT2D eigenvalue weighted by atomic mass is 35.5. The number of carbonyl (C=O) groups is 1. The van der Waals surface area contributed by atoms with E-state index in [1.807, 2.05) is 24.3 Å². The Hall–Kier alpha value is -1.30. The number of nitrogens with zero attached hydrogens (tertiary/aromatic N) is 1. The molecule has 0 heterocycles. The first-order chi connectivity index (χ1) is 14.8. The molecule has 0 radical (unpaired) electrons. The normalized spacial score (nSPS) is 18.4. The van der Waals surface area contributed by atoms with Crippen LogP contribution < -0.4 is 5.73 Å². The van der Waals surface area contributed by atoms with Gasteiger partial charge in [0.2, 0.25) is 0 Å². The van der Waals surface area contributed by atoms with Crippen molar-refractivity contribution in [3.63, 3.8) is 0 Å². The van der Waals surface area contributed by atoms with Crippen LogP contribution in [0.5, 0.6) is 0 Å². The number of halogens is 3. The van der Waals surface area contributed by atoms with Gasteiger partial charge in [-0.25, -0.2) is 0 Å². The van der Waals surface area contributed by atoms with E-state index in [1.54, 1.807) is 0 Å². The van der Waals surface area contributed by atoms with Crippen molar-refractivity contribution in [2.24, 2.45) is 17.6 Å². The largest absolute Gasteiger partial charge is 0.481 e. The lowest BCUT2D eigenvalue weighted by atomic mass is 9.82. The molecule has 3 rings (SSSR count). The third-order valence-electron chi connectivity index (χ3n) is 5.50. The summed E-state index contributed by atoms with van der Waals surface area (Å²) in [6.07, 6.45) is 5.02. The monoisotopic (exact) mass is 484 g/mol. The molecule has 0 bridgehead atoms. The molecule has 0 aliphatic heterocycles. The molecule has 4 nitrogen and oxygen atoms in total. The first-order valence-corrected chi connectivity index (χ1v) is 11.7. The summed E-state index contributed by atoms with van der Waals surface area (Å²) in [4.78, 5) is 11.5. The van der Waals surface area contributed by atoms with E-state index in [0.717, 1.165) is 44.0 Å². The van der Waals surface area contributed by atoms with Crippen LogP contribution in [0.1, 0.15) is 43.7 Å². The lowest BCUT2D eigenvalue weighted by molar-refractivity contribution is -0.134. The summed E-state index contributed by atoms with van der Waals surface area (Å²) in [5, 5.41) is 9.41. The second kappa shape index (κ2) is 13.3. The molecule has 0 atom stereocenters. The van der Waals surface area contributed by atoms with E-state index in [1.165, 1.54) is 36.8 Å². The maximum absolute atomic E-state index is 9.00. The Morgan fingerprint density at radius 1 is 0.968 bits per heavy atom. The van der Waals surface area contributed by atoms with Gasteiger partial charge in [-0.15, -0.1) is 0 Å². The van der Waals surface area contributed by atoms with Gasteiger partial charge in [0.1, 0.15) is 0 Å². The van der Waals surface area contributed by atoms with Crippen LogP contribution in [0.2, 0.25) is 15.1 Å². The fraction of sp³-hybridized carbons (Fsp3) is 0.458. The van der Waals surface area contributed by atoms with Crippen LogP contribution in [-0.4, -0.2) is 29.1 Å². The van der Waals surface area contributed by atoms with Gasteiger partial charge in [-0.3, -0.25) is 9.69 Å². The molecular formula is C24H31Cl3N2O2. The van der Waals surface area contributed by atoms with Crippen molar-refractivity contribution in [3.8, 4) is 0 Å². The summed E-state index contributed by atoms with van der Waals surface area (Å²) < 4.78 is 0. The lowest BCUT2D eigenvalue weighted by Gasteiger charge is -2.32. The molecule has 0 aromatic heterocycles. The Morgan fingerprint density at radius 3 is 2.10 bits per heavy atom. The van der Waals surface area contributed by atoms with E-state index >= 15 is 0 Å². The van der Waals surface area contributed by atoms with Crippen LogP contribution in [0, 0.1) is 11.8 Å². The summed E-state index contributed by atoms with van der Waals surface area (Å²) >= 11 is 18.5. The van der Waals surface area contributed by atoms with Gasteiger partial charge in [0.25, 0.3) is 5.97 Å². The summed E-state index contributed by atoms with van der Waals surface area (Å²) in [6, 6.07) is 14.0. The molecule has 1 aliphatic carbocycles. The summed E-state index contributed by atoms with van der Waals surface area (Å²) in [5.41, 5.74) is 8.27. The number of hydrogen-bond donors (Lipinski definition) is 2. The average Bonchev–Trinajstić information content (AvgIpc) is 2.71. The molecule has 2 aromatic carbocycles. The predicted molar refractivity (Wildman–Crippen MR) is 130 cm³/mol. The fourth-order valence-corrected chi connectivity index (χ4v) is 4.52. The molecule has 7 heteroatoms. The first kappa shape index (κ1) is 26.0. The van der Waals surface area contributed by atoms with Crippen LogP contribution in [0.15, 0.2) is 42.5 Å². The SMILES string of the molecule is CC(=O)O.NCC1CCC(CN(Cc2cccc(Cl)c2)Cc2ccc(Cl)c(Cl)c2)CC1. The zero-order chi connectivity index (χ0) is 22.8. The third kappa shape index (κ3) is 9.80. The average molecular weight is 486 g/mol. The zero-order valence-corrected chi connectivity index (χ0v) is 20.1. The Morgan fingerprint density at radius 2 is 1.55 bits per heavy atom. The minimum Gasteiger partial charge on any atom is -0.481 e. The smallest absolute Gasteiger partial charge is 0.300 e. The van der Waals surface area contributed by atoms with Crippen LogP contribution in [0.4, 0.5) is 0 Å². The Balaban J connectivity index is 0.000000785. The van der Waals surface area contributed by atoms with Gasteiger partial charge in [0.05, 0.1) is 10.0 Å². The van der Waals surface area contributed by atoms with Crippen molar-refractivity contribution in [1.82, 2.24) is 4.90 Å². The second-order valence-electron chi connectivity index (χ2n) is 8.19. The van der Waals surface area contributed by atoms with Crippen molar-refractivity contribution in [2.45, 2.75) is 45.7 Å². The van der Waals surface area contributed by atoms with Crippen LogP contribution in [-0.2, 0) is 17.9 Å². The van der Waals surface area contributed by atoms with Gasteiger partial charge in [-0.1, -0.05) is 53.0 Å². The molecule has 1 fully saturated rings. The highest BCUT2D eigenvalue weighted by Crippen LogP contribution is 2.30. The maximum atomic E-state index is 9.00. The van der Waals surface area contributed by atoms with Crippen LogP contribution in [0.3, 0.4) is 0 Å². The van der Waals surface area contributed by atoms with Crippen LogP contribution in [0.25, 0.3) is 0 Å². The Kier molecular flexibility index (Phi) is 11.1. The topological polar surface area (TPSA) is 66.6 Å². The number of aliphatic carboxylic acids is 1. The van der Waals surface area contributed by atoms with Gasteiger partial charge in [-0.05, 0) is 79.5 Å². The molecular weight excluding hydrogens is 455 g/mol. The summed E-state index contributed by atoms with van der Waals surface area (Å²) in [5.74, 6) is 0.590. The van der Waals surface area contributed by atoms with Crippen molar-refractivity contribution < 1.29 is 9.90 Å². The molecule has 1 aliphatic rings. The molecule has 31 heavy (non-hydrogen) atoms. The van der Waals surface area contributed by atoms with Crippen LogP contribution >= 0.6 is 34.8 Å². The summed E-state index contributed by atoms with van der Waals surface area (Å²) in [7, 11) is 0. The van der Waals surface area contributed by atoms with E-state index in [9.17, 15) is 0 Å². The van der Waals surface area contributed by atoms with Crippen molar-refractivity contribution >= 4 is 40.8 Å². The molecule has 2 aromatic rings. The highest BCUT2D eigenvalue weighted by Gasteiger charge is 2.22. The number of carboxylic acids is 1. The lowest BCUT2D eigenvalue weighted by Crippen LogP contribution is -2.32. The predicted octanol–water partition coefficient (Wildman–Crippen LogP) is 6.51. The van der Waals surface area contributed by atoms with E-state index < -0.39 is 5.97 Å². The Bertz CT molecular complexity index is 835. The molecule has 0 spiro atoms. The van der Waals surface area contributed by atoms with Gasteiger partial charge in [0, 0.05) is 31.6 Å². The van der Waals surface area contributed by atoms with Crippen molar-refractivity contribution in [3.05, 3.63) is 68.7 Å². The molecule has 0 amide bonds. The minimum absolute atomic E-state index is 0.599. The highest BCUT2D eigenvalue weighted by molar-refractivity contribution is 6.42. The number of benzene rings is 2. The Labute approximate surface area is 200 Å². The molecule has 170 valence electrons. The molecule has 1 saturated carbocycles. The minimum atomic E-state index is -0.833. The third-order valence-corrected chi connectivity index (χ3v) is 6.48. The fourth-order valence-electron chi connectivity index (χ4n) is 3.99. The van der Waals surface area contributed by atoms with E-state index in [2.05, 4.69) is 23.1 Å². The second-order valence-corrected chi connectivity index (χ2v) is 9.44. The quantitative estimate of drug-likeness (QED) is 0.469. The van der Waals surface area contributed by atoms with Gasteiger partial charge in [-0.2, -0.15) is 0 Å². The number of carboxylic acid groups (broad SMARTS) is 1. The van der Waals surface area contributed by atoms with Gasteiger partial charge >= 0.3 is 0 Å². The van der Waals surface area contributed by atoms with Gasteiger partial charge in [0.15, 0.2) is 0 Å². The zero-order valence-electron chi connectivity index (χ0n) is 17.9. The van der Waals surface area contributed by atoms with E-state index in [-0.39, 0.29) is 0 Å². The number of nitrogens with two attached hydrogens (primary N) is 1. The van der Waals surface area contributed by atoms with E-state index in [0.29, 0.717) is 16.0 Å². The molecule has 0 unspecified atom stereocenters. The number of rotatable bonds is 7. The number of hydrogen-bond acceptors (Lipinski definition) is 3. The first-order valence-electron chi connectivity index (χ1n) is 10.6.